The third-order valence-corrected chi connectivity index (χ3v) is 4.59. The van der Waals surface area contributed by atoms with E-state index >= 15 is 0 Å². The second-order valence-electron chi connectivity index (χ2n) is 5.64. The van der Waals surface area contributed by atoms with Crippen molar-refractivity contribution in [2.75, 3.05) is 0 Å². The molecule has 0 aromatic carbocycles. The Hall–Kier alpha value is -0.0400. The van der Waals surface area contributed by atoms with Gasteiger partial charge in [-0.15, -0.1) is 0 Å². The normalized spacial score (nSPS) is 21.2. The first-order valence-electron chi connectivity index (χ1n) is 7.43. The highest BCUT2D eigenvalue weighted by atomic mass is 16.3. The van der Waals surface area contributed by atoms with Crippen LogP contribution in [0.4, 0.5) is 0 Å². The standard InChI is InChI=1S/C15H30O/c1-3-5-6-7-8-11-14(16)15(4-2)12-9-10-13-15/h14,16H,3-13H2,1-2H3. The van der Waals surface area contributed by atoms with E-state index in [4.69, 9.17) is 0 Å². The molecule has 1 aliphatic rings. The Balaban J connectivity index is 2.19. The molecule has 0 bridgehead atoms. The maximum Gasteiger partial charge on any atom is 0.0596 e. The van der Waals surface area contributed by atoms with Gasteiger partial charge in [-0.3, -0.25) is 0 Å². The number of rotatable bonds is 8. The van der Waals surface area contributed by atoms with Gasteiger partial charge in [-0.25, -0.2) is 0 Å². The molecule has 1 atom stereocenters. The van der Waals surface area contributed by atoms with E-state index in [0.29, 0.717) is 5.41 Å². The zero-order chi connectivity index (χ0) is 11.9. The summed E-state index contributed by atoms with van der Waals surface area (Å²) in [4.78, 5) is 0. The molecule has 1 aliphatic carbocycles. The van der Waals surface area contributed by atoms with E-state index in [2.05, 4.69) is 13.8 Å². The molecule has 1 unspecified atom stereocenters. The van der Waals surface area contributed by atoms with Crippen LogP contribution in [0.15, 0.2) is 0 Å². The van der Waals surface area contributed by atoms with Crippen molar-refractivity contribution in [1.82, 2.24) is 0 Å². The van der Waals surface area contributed by atoms with Gasteiger partial charge in [0.15, 0.2) is 0 Å². The summed E-state index contributed by atoms with van der Waals surface area (Å²) >= 11 is 0. The molecule has 1 saturated carbocycles. The monoisotopic (exact) mass is 226 g/mol. The first-order chi connectivity index (χ1) is 7.75. The van der Waals surface area contributed by atoms with Crippen LogP contribution in [0.25, 0.3) is 0 Å². The SMILES string of the molecule is CCCCCCCC(O)C1(CC)CCCC1. The third-order valence-electron chi connectivity index (χ3n) is 4.59. The predicted molar refractivity (Wildman–Crippen MR) is 70.6 cm³/mol. The molecule has 1 nitrogen and oxygen atoms in total. The molecule has 0 aromatic heterocycles. The Morgan fingerprint density at radius 2 is 1.62 bits per heavy atom. The van der Waals surface area contributed by atoms with Crippen LogP contribution in [0.1, 0.15) is 84.5 Å². The van der Waals surface area contributed by atoms with Crippen molar-refractivity contribution >= 4 is 0 Å². The van der Waals surface area contributed by atoms with Gasteiger partial charge in [0.1, 0.15) is 0 Å². The summed E-state index contributed by atoms with van der Waals surface area (Å²) in [6, 6.07) is 0. The largest absolute Gasteiger partial charge is 0.393 e. The molecule has 0 aromatic rings. The highest BCUT2D eigenvalue weighted by Gasteiger charge is 2.38. The number of unbranched alkanes of at least 4 members (excludes halogenated alkanes) is 4. The van der Waals surface area contributed by atoms with Crippen molar-refractivity contribution in [3.63, 3.8) is 0 Å². The van der Waals surface area contributed by atoms with E-state index < -0.39 is 0 Å². The Labute approximate surface area is 102 Å². The van der Waals surface area contributed by atoms with Crippen LogP contribution in [-0.2, 0) is 0 Å². The van der Waals surface area contributed by atoms with Gasteiger partial charge in [0, 0.05) is 0 Å². The van der Waals surface area contributed by atoms with Crippen LogP contribution < -0.4 is 0 Å². The predicted octanol–water partition coefficient (Wildman–Crippen LogP) is 4.68. The quantitative estimate of drug-likeness (QED) is 0.596. The minimum Gasteiger partial charge on any atom is -0.393 e. The molecule has 96 valence electrons. The Kier molecular flexibility index (Phi) is 6.41. The van der Waals surface area contributed by atoms with Crippen molar-refractivity contribution in [3.05, 3.63) is 0 Å². The summed E-state index contributed by atoms with van der Waals surface area (Å²) in [7, 11) is 0. The minimum absolute atomic E-state index is 0.0263. The molecule has 0 radical (unpaired) electrons. The second-order valence-corrected chi connectivity index (χ2v) is 5.64. The lowest BCUT2D eigenvalue weighted by atomic mass is 9.76. The lowest BCUT2D eigenvalue weighted by Crippen LogP contribution is -2.31. The van der Waals surface area contributed by atoms with Crippen molar-refractivity contribution < 1.29 is 5.11 Å². The average Bonchev–Trinajstić information content (AvgIpc) is 2.78. The third kappa shape index (κ3) is 3.76. The zero-order valence-electron chi connectivity index (χ0n) is 11.3. The summed E-state index contributed by atoms with van der Waals surface area (Å²) in [5.41, 5.74) is 0.296. The first kappa shape index (κ1) is 14.0. The fraction of sp³-hybridized carbons (Fsp3) is 1.00. The summed E-state index contributed by atoms with van der Waals surface area (Å²) in [6.07, 6.45) is 13.9. The van der Waals surface area contributed by atoms with Crippen LogP contribution in [0.5, 0.6) is 0 Å². The van der Waals surface area contributed by atoms with Gasteiger partial charge < -0.3 is 5.11 Å². The van der Waals surface area contributed by atoms with E-state index in [1.807, 2.05) is 0 Å². The minimum atomic E-state index is -0.0263. The molecule has 0 saturated heterocycles. The summed E-state index contributed by atoms with van der Waals surface area (Å²) in [6.45, 7) is 4.51. The molecule has 1 N–H and O–H groups in total. The van der Waals surface area contributed by atoms with Crippen molar-refractivity contribution in [3.8, 4) is 0 Å². The maximum absolute atomic E-state index is 10.4. The van der Waals surface area contributed by atoms with Crippen LogP contribution in [0.3, 0.4) is 0 Å². The van der Waals surface area contributed by atoms with E-state index in [9.17, 15) is 5.11 Å². The van der Waals surface area contributed by atoms with Crippen molar-refractivity contribution in [2.45, 2.75) is 90.6 Å². The van der Waals surface area contributed by atoms with Crippen LogP contribution in [0.2, 0.25) is 0 Å². The summed E-state index contributed by atoms with van der Waals surface area (Å²) in [5.74, 6) is 0. The number of hydrogen-bond donors (Lipinski definition) is 1. The number of hydrogen-bond acceptors (Lipinski definition) is 1. The summed E-state index contributed by atoms with van der Waals surface area (Å²) < 4.78 is 0. The first-order valence-corrected chi connectivity index (χ1v) is 7.43. The maximum atomic E-state index is 10.4. The Bertz CT molecular complexity index is 170. The molecule has 1 rings (SSSR count). The lowest BCUT2D eigenvalue weighted by molar-refractivity contribution is 0.0171. The van der Waals surface area contributed by atoms with Gasteiger partial charge in [-0.2, -0.15) is 0 Å². The van der Waals surface area contributed by atoms with E-state index in [0.717, 1.165) is 6.42 Å². The topological polar surface area (TPSA) is 20.2 Å². The van der Waals surface area contributed by atoms with Gasteiger partial charge in [0.2, 0.25) is 0 Å². The fourth-order valence-electron chi connectivity index (χ4n) is 3.25. The fourth-order valence-corrected chi connectivity index (χ4v) is 3.25. The van der Waals surface area contributed by atoms with Gasteiger partial charge in [-0.1, -0.05) is 58.8 Å². The zero-order valence-corrected chi connectivity index (χ0v) is 11.3. The molecule has 0 amide bonds. The smallest absolute Gasteiger partial charge is 0.0596 e. The molecule has 0 heterocycles. The van der Waals surface area contributed by atoms with Gasteiger partial charge >= 0.3 is 0 Å². The van der Waals surface area contributed by atoms with Crippen LogP contribution in [-0.4, -0.2) is 11.2 Å². The number of aliphatic hydroxyl groups is 1. The highest BCUT2D eigenvalue weighted by Crippen LogP contribution is 2.45. The van der Waals surface area contributed by atoms with Crippen LogP contribution >= 0.6 is 0 Å². The molecule has 16 heavy (non-hydrogen) atoms. The van der Waals surface area contributed by atoms with Gasteiger partial charge in [0.25, 0.3) is 0 Å². The Morgan fingerprint density at radius 3 is 2.19 bits per heavy atom. The molecule has 0 spiro atoms. The van der Waals surface area contributed by atoms with Gasteiger partial charge in [0.05, 0.1) is 6.10 Å². The van der Waals surface area contributed by atoms with E-state index in [1.165, 1.54) is 64.2 Å². The lowest BCUT2D eigenvalue weighted by Gasteiger charge is -2.33. The average molecular weight is 226 g/mol. The van der Waals surface area contributed by atoms with E-state index in [-0.39, 0.29) is 6.10 Å². The summed E-state index contributed by atoms with van der Waals surface area (Å²) in [5, 5.41) is 10.4. The molecular formula is C15H30O. The molecular weight excluding hydrogens is 196 g/mol. The van der Waals surface area contributed by atoms with E-state index in [1.54, 1.807) is 0 Å². The van der Waals surface area contributed by atoms with Crippen LogP contribution in [0, 0.1) is 5.41 Å². The van der Waals surface area contributed by atoms with Crippen molar-refractivity contribution in [1.29, 1.82) is 0 Å². The number of aliphatic hydroxyl groups excluding tert-OH is 1. The second kappa shape index (κ2) is 7.32. The highest BCUT2D eigenvalue weighted by molar-refractivity contribution is 4.89. The Morgan fingerprint density at radius 1 is 1.00 bits per heavy atom. The van der Waals surface area contributed by atoms with Crippen molar-refractivity contribution in [2.24, 2.45) is 5.41 Å². The molecule has 0 aliphatic heterocycles. The molecule has 1 fully saturated rings. The van der Waals surface area contributed by atoms with Gasteiger partial charge in [-0.05, 0) is 31.1 Å². The molecule has 1 heteroatoms.